The van der Waals surface area contributed by atoms with Crippen LogP contribution in [0.15, 0.2) is 6.33 Å². The molecule has 0 aromatic carbocycles. The molecule has 3 rings (SSSR count). The van der Waals surface area contributed by atoms with Crippen LogP contribution in [0.1, 0.15) is 52.0 Å². The van der Waals surface area contributed by atoms with E-state index in [1.165, 1.54) is 0 Å². The Morgan fingerprint density at radius 2 is 2.04 bits per heavy atom. The summed E-state index contributed by atoms with van der Waals surface area (Å²) in [5.41, 5.74) is 1.57. The zero-order valence-electron chi connectivity index (χ0n) is 15.1. The Balaban J connectivity index is 1.74. The second kappa shape index (κ2) is 6.20. The van der Waals surface area contributed by atoms with Crippen molar-refractivity contribution in [3.05, 3.63) is 17.6 Å². The lowest BCUT2D eigenvalue weighted by Gasteiger charge is -2.41. The number of nitrogens with zero attached hydrogens (tertiary/aromatic N) is 4. The molecular weight excluding hydrogens is 308 g/mol. The number of carbonyl (C=O) groups excluding carboxylic acids is 1. The third-order valence-electron chi connectivity index (χ3n) is 4.37. The van der Waals surface area contributed by atoms with E-state index in [4.69, 9.17) is 9.47 Å². The molecular formula is C17H26N4O3. The average molecular weight is 334 g/mol. The molecule has 1 fully saturated rings. The van der Waals surface area contributed by atoms with E-state index in [9.17, 15) is 4.79 Å². The topological polar surface area (TPSA) is 67.8 Å². The number of rotatable bonds is 1. The summed E-state index contributed by atoms with van der Waals surface area (Å²) in [7, 11) is 0. The van der Waals surface area contributed by atoms with Crippen LogP contribution >= 0.6 is 0 Å². The van der Waals surface area contributed by atoms with Crippen LogP contribution < -0.4 is 4.90 Å². The van der Waals surface area contributed by atoms with Crippen molar-refractivity contribution in [1.82, 2.24) is 14.9 Å². The number of hydrogen-bond donors (Lipinski definition) is 0. The summed E-state index contributed by atoms with van der Waals surface area (Å²) >= 11 is 0. The van der Waals surface area contributed by atoms with Crippen molar-refractivity contribution in [1.29, 1.82) is 0 Å². The van der Waals surface area contributed by atoms with E-state index in [0.717, 1.165) is 23.6 Å². The molecule has 0 N–H and O–H groups in total. The minimum atomic E-state index is -0.474. The standard InChI is InChI=1S/C17H26N4O3/c1-11-8-20(16(22)24-17(3,4)5)6-7-21(11)15-14-12(2)23-9-13(14)18-10-19-15/h10-12H,6-9H2,1-5H3/t11-,12?/m0/s1. The average Bonchev–Trinajstić information content (AvgIpc) is 2.87. The first kappa shape index (κ1) is 17.0. The van der Waals surface area contributed by atoms with Crippen LogP contribution in [0.25, 0.3) is 0 Å². The summed E-state index contributed by atoms with van der Waals surface area (Å²) in [4.78, 5) is 25.1. The summed E-state index contributed by atoms with van der Waals surface area (Å²) < 4.78 is 11.2. The molecule has 3 heterocycles. The predicted molar refractivity (Wildman–Crippen MR) is 89.9 cm³/mol. The SMILES string of the molecule is CC1OCc2ncnc(N3CCN(C(=O)OC(C)(C)C)C[C@@H]3C)c21. The predicted octanol–water partition coefficient (Wildman–Crippen LogP) is 2.51. The number of ether oxygens (including phenoxy) is 2. The van der Waals surface area contributed by atoms with Gasteiger partial charge in [-0.3, -0.25) is 0 Å². The summed E-state index contributed by atoms with van der Waals surface area (Å²) in [6, 6.07) is 0.151. The Morgan fingerprint density at radius 1 is 1.29 bits per heavy atom. The molecule has 1 saturated heterocycles. The molecule has 0 bridgehead atoms. The van der Waals surface area contributed by atoms with Crippen molar-refractivity contribution in [2.45, 2.75) is 59.0 Å². The van der Waals surface area contributed by atoms with Gasteiger partial charge in [-0.25, -0.2) is 14.8 Å². The normalized spacial score (nSPS) is 24.0. The van der Waals surface area contributed by atoms with E-state index in [1.807, 2.05) is 27.7 Å². The lowest BCUT2D eigenvalue weighted by atomic mass is 10.1. The molecule has 7 heteroatoms. The minimum Gasteiger partial charge on any atom is -0.444 e. The highest BCUT2D eigenvalue weighted by atomic mass is 16.6. The Hall–Kier alpha value is -1.89. The molecule has 2 aliphatic rings. The molecule has 2 atom stereocenters. The van der Waals surface area contributed by atoms with Crippen LogP contribution in [0.3, 0.4) is 0 Å². The molecule has 1 amide bonds. The van der Waals surface area contributed by atoms with Gasteiger partial charge in [0.05, 0.1) is 18.4 Å². The minimum absolute atomic E-state index is 0.00675. The number of piperazine rings is 1. The summed E-state index contributed by atoms with van der Waals surface area (Å²) in [6.07, 6.45) is 1.36. The van der Waals surface area contributed by atoms with E-state index in [0.29, 0.717) is 19.7 Å². The van der Waals surface area contributed by atoms with Crippen molar-refractivity contribution in [2.24, 2.45) is 0 Å². The number of anilines is 1. The Kier molecular flexibility index (Phi) is 4.38. The van der Waals surface area contributed by atoms with Gasteiger partial charge in [-0.1, -0.05) is 0 Å². The van der Waals surface area contributed by atoms with Crippen molar-refractivity contribution in [3.63, 3.8) is 0 Å². The highest BCUT2D eigenvalue weighted by molar-refractivity contribution is 5.69. The fourth-order valence-corrected chi connectivity index (χ4v) is 3.23. The van der Waals surface area contributed by atoms with E-state index in [1.54, 1.807) is 11.2 Å². The molecule has 0 spiro atoms. The fraction of sp³-hybridized carbons (Fsp3) is 0.706. The zero-order valence-corrected chi connectivity index (χ0v) is 15.1. The highest BCUT2D eigenvalue weighted by Crippen LogP contribution is 2.36. The van der Waals surface area contributed by atoms with E-state index < -0.39 is 5.60 Å². The molecule has 1 aromatic heterocycles. The highest BCUT2D eigenvalue weighted by Gasteiger charge is 2.34. The van der Waals surface area contributed by atoms with Crippen LogP contribution in [0.2, 0.25) is 0 Å². The van der Waals surface area contributed by atoms with E-state index in [2.05, 4.69) is 21.8 Å². The monoisotopic (exact) mass is 334 g/mol. The van der Waals surface area contributed by atoms with Gasteiger partial charge in [0.15, 0.2) is 0 Å². The quantitative estimate of drug-likeness (QED) is 0.786. The molecule has 0 saturated carbocycles. The summed E-state index contributed by atoms with van der Waals surface area (Å²) in [5.74, 6) is 0.932. The lowest BCUT2D eigenvalue weighted by Crippen LogP contribution is -2.55. The van der Waals surface area contributed by atoms with Crippen LogP contribution in [-0.4, -0.2) is 52.2 Å². The third kappa shape index (κ3) is 3.31. The maximum absolute atomic E-state index is 12.3. The summed E-state index contributed by atoms with van der Waals surface area (Å²) in [6.45, 7) is 12.3. The Bertz CT molecular complexity index is 629. The zero-order chi connectivity index (χ0) is 17.5. The number of carbonyl (C=O) groups is 1. The molecule has 1 aromatic rings. The second-order valence-electron chi connectivity index (χ2n) is 7.48. The molecule has 2 aliphatic heterocycles. The molecule has 0 radical (unpaired) electrons. The lowest BCUT2D eigenvalue weighted by molar-refractivity contribution is 0.0218. The van der Waals surface area contributed by atoms with Crippen molar-refractivity contribution in [2.75, 3.05) is 24.5 Å². The number of fused-ring (bicyclic) bond motifs is 1. The van der Waals surface area contributed by atoms with Crippen LogP contribution in [-0.2, 0) is 16.1 Å². The van der Waals surface area contributed by atoms with E-state index >= 15 is 0 Å². The van der Waals surface area contributed by atoms with Gasteiger partial charge in [-0.05, 0) is 34.6 Å². The van der Waals surface area contributed by atoms with Gasteiger partial charge in [-0.15, -0.1) is 0 Å². The molecule has 7 nitrogen and oxygen atoms in total. The first-order valence-electron chi connectivity index (χ1n) is 8.46. The van der Waals surface area contributed by atoms with Crippen molar-refractivity contribution >= 4 is 11.9 Å². The van der Waals surface area contributed by atoms with Gasteiger partial charge >= 0.3 is 6.09 Å². The molecule has 0 aliphatic carbocycles. The van der Waals surface area contributed by atoms with Gasteiger partial charge in [0.2, 0.25) is 0 Å². The number of aromatic nitrogens is 2. The number of amides is 1. The maximum atomic E-state index is 12.3. The first-order chi connectivity index (χ1) is 11.3. The molecule has 132 valence electrons. The molecule has 24 heavy (non-hydrogen) atoms. The Morgan fingerprint density at radius 3 is 2.71 bits per heavy atom. The van der Waals surface area contributed by atoms with Crippen molar-refractivity contribution in [3.8, 4) is 0 Å². The van der Waals surface area contributed by atoms with Crippen molar-refractivity contribution < 1.29 is 14.3 Å². The van der Waals surface area contributed by atoms with Crippen LogP contribution in [0.5, 0.6) is 0 Å². The van der Waals surface area contributed by atoms with Gasteiger partial charge in [0.1, 0.15) is 17.7 Å². The first-order valence-corrected chi connectivity index (χ1v) is 8.46. The fourth-order valence-electron chi connectivity index (χ4n) is 3.23. The number of hydrogen-bond acceptors (Lipinski definition) is 6. The molecule has 1 unspecified atom stereocenters. The van der Waals surface area contributed by atoms with Gasteiger partial charge in [0, 0.05) is 31.2 Å². The third-order valence-corrected chi connectivity index (χ3v) is 4.37. The largest absolute Gasteiger partial charge is 0.444 e. The van der Waals surface area contributed by atoms with E-state index in [-0.39, 0.29) is 18.2 Å². The maximum Gasteiger partial charge on any atom is 0.410 e. The van der Waals surface area contributed by atoms with Crippen LogP contribution in [0, 0.1) is 0 Å². The second-order valence-corrected chi connectivity index (χ2v) is 7.48. The van der Waals surface area contributed by atoms with Gasteiger partial charge < -0.3 is 19.3 Å². The Labute approximate surface area is 143 Å². The van der Waals surface area contributed by atoms with Gasteiger partial charge in [-0.2, -0.15) is 0 Å². The smallest absolute Gasteiger partial charge is 0.410 e. The summed E-state index contributed by atoms with van der Waals surface area (Å²) in [5, 5.41) is 0. The van der Waals surface area contributed by atoms with Gasteiger partial charge in [0.25, 0.3) is 0 Å². The van der Waals surface area contributed by atoms with Crippen LogP contribution in [0.4, 0.5) is 10.6 Å².